The summed E-state index contributed by atoms with van der Waals surface area (Å²) in [6.07, 6.45) is 3.25. The smallest absolute Gasteiger partial charge is 0.314 e. The van der Waals surface area contributed by atoms with Crippen LogP contribution < -0.4 is 15.4 Å². The van der Waals surface area contributed by atoms with Crippen LogP contribution >= 0.6 is 11.3 Å². The van der Waals surface area contributed by atoms with Crippen LogP contribution in [-0.4, -0.2) is 50.8 Å². The maximum absolute atomic E-state index is 11.9. The molecule has 1 aliphatic rings. The lowest BCUT2D eigenvalue weighted by molar-refractivity contribution is 0.209. The Bertz CT molecular complexity index is 680. The van der Waals surface area contributed by atoms with Gasteiger partial charge in [-0.05, 0) is 67.4 Å². The van der Waals surface area contributed by atoms with E-state index in [1.165, 1.54) is 23.3 Å². The van der Waals surface area contributed by atoms with Gasteiger partial charge in [-0.1, -0.05) is 18.2 Å². The molecule has 1 aliphatic heterocycles. The highest BCUT2D eigenvalue weighted by Gasteiger charge is 2.20. The van der Waals surface area contributed by atoms with Crippen LogP contribution in [0.5, 0.6) is 5.75 Å². The zero-order chi connectivity index (χ0) is 18.9. The number of likely N-dealkylation sites (tertiary alicyclic amines) is 1. The van der Waals surface area contributed by atoms with E-state index in [4.69, 9.17) is 4.74 Å². The van der Waals surface area contributed by atoms with E-state index < -0.39 is 0 Å². The number of rotatable bonds is 8. The number of nitrogens with one attached hydrogen (secondary N) is 2. The second kappa shape index (κ2) is 10.3. The molecule has 0 saturated carbocycles. The van der Waals surface area contributed by atoms with Crippen LogP contribution in [0.4, 0.5) is 4.79 Å². The molecule has 0 radical (unpaired) electrons. The summed E-state index contributed by atoms with van der Waals surface area (Å²) in [5, 5.41) is 8.05. The molecule has 146 valence electrons. The Morgan fingerprint density at radius 1 is 1.15 bits per heavy atom. The minimum absolute atomic E-state index is 0.0861. The number of hydrogen-bond donors (Lipinski definition) is 2. The zero-order valence-electron chi connectivity index (χ0n) is 15.9. The van der Waals surface area contributed by atoms with Crippen LogP contribution in [0.2, 0.25) is 0 Å². The average Bonchev–Trinajstić information content (AvgIpc) is 3.24. The molecule has 0 spiro atoms. The minimum atomic E-state index is -0.0861. The molecular weight excluding hydrogens is 358 g/mol. The molecule has 1 fully saturated rings. The molecule has 2 aromatic rings. The third-order valence-electron chi connectivity index (χ3n) is 5.11. The van der Waals surface area contributed by atoms with E-state index >= 15 is 0 Å². The third-order valence-corrected chi connectivity index (χ3v) is 6.14. The van der Waals surface area contributed by atoms with E-state index in [9.17, 15) is 4.79 Å². The number of thiophene rings is 1. The van der Waals surface area contributed by atoms with Gasteiger partial charge in [-0.3, -0.25) is 0 Å². The molecule has 5 nitrogen and oxygen atoms in total. The van der Waals surface area contributed by atoms with E-state index in [-0.39, 0.29) is 6.03 Å². The number of urea groups is 1. The van der Waals surface area contributed by atoms with Gasteiger partial charge in [0.25, 0.3) is 0 Å². The number of methoxy groups -OCH3 is 1. The van der Waals surface area contributed by atoms with Crippen LogP contribution in [0.15, 0.2) is 41.8 Å². The summed E-state index contributed by atoms with van der Waals surface area (Å²) < 4.78 is 5.15. The number of benzene rings is 1. The molecule has 27 heavy (non-hydrogen) atoms. The van der Waals surface area contributed by atoms with E-state index in [0.29, 0.717) is 13.1 Å². The normalized spacial score (nSPS) is 15.4. The molecule has 2 heterocycles. The first-order valence-corrected chi connectivity index (χ1v) is 10.5. The predicted octanol–water partition coefficient (Wildman–Crippen LogP) is 3.48. The molecule has 3 rings (SSSR count). The monoisotopic (exact) mass is 387 g/mol. The molecule has 0 atom stereocenters. The average molecular weight is 388 g/mol. The fraction of sp³-hybridized carbons (Fsp3) is 0.476. The Hall–Kier alpha value is -2.05. The number of carbonyl (C=O) groups excluding carboxylic acids is 1. The van der Waals surface area contributed by atoms with Gasteiger partial charge in [0, 0.05) is 24.5 Å². The molecule has 2 N–H and O–H groups in total. The Labute approximate surface area is 165 Å². The Kier molecular flexibility index (Phi) is 7.54. The summed E-state index contributed by atoms with van der Waals surface area (Å²) in [5.74, 6) is 1.57. The van der Waals surface area contributed by atoms with Gasteiger partial charge in [0.1, 0.15) is 5.75 Å². The maximum atomic E-state index is 11.9. The second-order valence-corrected chi connectivity index (χ2v) is 7.89. The number of ether oxygens (including phenoxy) is 1. The molecule has 2 amide bonds. The number of amides is 2. The van der Waals surface area contributed by atoms with Gasteiger partial charge in [-0.2, -0.15) is 0 Å². The van der Waals surface area contributed by atoms with Crippen LogP contribution in [0, 0.1) is 0 Å². The van der Waals surface area contributed by atoms with Crippen LogP contribution in [-0.2, 0) is 6.42 Å². The summed E-state index contributed by atoms with van der Waals surface area (Å²) >= 11 is 1.87. The highest BCUT2D eigenvalue weighted by molar-refractivity contribution is 7.10. The zero-order valence-corrected chi connectivity index (χ0v) is 16.8. The van der Waals surface area contributed by atoms with Gasteiger partial charge in [0.2, 0.25) is 0 Å². The summed E-state index contributed by atoms with van der Waals surface area (Å²) in [4.78, 5) is 15.9. The quantitative estimate of drug-likeness (QED) is 0.729. The number of nitrogens with zero attached hydrogens (tertiary/aromatic N) is 1. The van der Waals surface area contributed by atoms with Gasteiger partial charge >= 0.3 is 6.03 Å². The van der Waals surface area contributed by atoms with Gasteiger partial charge in [0.05, 0.1) is 7.11 Å². The Morgan fingerprint density at radius 3 is 2.56 bits per heavy atom. The van der Waals surface area contributed by atoms with Crippen molar-refractivity contribution in [3.8, 4) is 5.75 Å². The first-order valence-electron chi connectivity index (χ1n) is 9.65. The highest BCUT2D eigenvalue weighted by atomic mass is 32.1. The third kappa shape index (κ3) is 6.26. The molecule has 6 heteroatoms. The number of piperidine rings is 1. The lowest BCUT2D eigenvalue weighted by Gasteiger charge is -2.31. The topological polar surface area (TPSA) is 53.6 Å². The van der Waals surface area contributed by atoms with Crippen molar-refractivity contribution >= 4 is 17.4 Å². The molecule has 1 aromatic heterocycles. The van der Waals surface area contributed by atoms with Gasteiger partial charge in [0.15, 0.2) is 0 Å². The highest BCUT2D eigenvalue weighted by Crippen LogP contribution is 2.30. The Morgan fingerprint density at radius 2 is 1.89 bits per heavy atom. The standard InChI is InChI=1S/C21H29N3O2S/c1-26-19-6-4-17(5-7-19)8-11-22-21(25)23-12-15-24-13-9-18(10-14-24)20-3-2-16-27-20/h2-7,16,18H,8-15H2,1H3,(H2,22,23,25). The van der Waals surface area contributed by atoms with Crippen LogP contribution in [0.25, 0.3) is 0 Å². The van der Waals surface area contributed by atoms with E-state index in [1.54, 1.807) is 7.11 Å². The van der Waals surface area contributed by atoms with Crippen molar-refractivity contribution < 1.29 is 9.53 Å². The van der Waals surface area contributed by atoms with Crippen molar-refractivity contribution in [2.45, 2.75) is 25.2 Å². The second-order valence-electron chi connectivity index (χ2n) is 6.91. The molecule has 0 bridgehead atoms. The molecule has 1 saturated heterocycles. The van der Waals surface area contributed by atoms with E-state index in [0.717, 1.165) is 37.7 Å². The lowest BCUT2D eigenvalue weighted by Crippen LogP contribution is -2.42. The Balaban J connectivity index is 1.25. The maximum Gasteiger partial charge on any atom is 0.314 e. The summed E-state index contributed by atoms with van der Waals surface area (Å²) in [6.45, 7) is 4.47. The summed E-state index contributed by atoms with van der Waals surface area (Å²) in [6, 6.07) is 12.2. The van der Waals surface area contributed by atoms with Gasteiger partial charge < -0.3 is 20.3 Å². The predicted molar refractivity (Wildman–Crippen MR) is 111 cm³/mol. The minimum Gasteiger partial charge on any atom is -0.497 e. The van der Waals surface area contributed by atoms with Crippen molar-refractivity contribution in [3.63, 3.8) is 0 Å². The molecule has 1 aromatic carbocycles. The van der Waals surface area contributed by atoms with Crippen molar-refractivity contribution in [2.75, 3.05) is 39.8 Å². The first-order chi connectivity index (χ1) is 13.2. The van der Waals surface area contributed by atoms with Gasteiger partial charge in [-0.25, -0.2) is 4.79 Å². The van der Waals surface area contributed by atoms with Crippen LogP contribution in [0.3, 0.4) is 0 Å². The number of hydrogen-bond acceptors (Lipinski definition) is 4. The summed E-state index contributed by atoms with van der Waals surface area (Å²) in [7, 11) is 1.66. The largest absolute Gasteiger partial charge is 0.497 e. The van der Waals surface area contributed by atoms with Crippen molar-refractivity contribution in [2.24, 2.45) is 0 Å². The van der Waals surface area contributed by atoms with Crippen molar-refractivity contribution in [1.82, 2.24) is 15.5 Å². The fourth-order valence-corrected chi connectivity index (χ4v) is 4.37. The van der Waals surface area contributed by atoms with Crippen molar-refractivity contribution in [1.29, 1.82) is 0 Å². The van der Waals surface area contributed by atoms with E-state index in [2.05, 4.69) is 33.0 Å². The lowest BCUT2D eigenvalue weighted by atomic mass is 9.95. The molecule has 0 unspecified atom stereocenters. The van der Waals surface area contributed by atoms with Gasteiger partial charge in [-0.15, -0.1) is 11.3 Å². The summed E-state index contributed by atoms with van der Waals surface area (Å²) in [5.41, 5.74) is 1.18. The van der Waals surface area contributed by atoms with Crippen molar-refractivity contribution in [3.05, 3.63) is 52.2 Å². The van der Waals surface area contributed by atoms with Crippen LogP contribution in [0.1, 0.15) is 29.2 Å². The van der Waals surface area contributed by atoms with E-state index in [1.807, 2.05) is 35.6 Å². The fourth-order valence-electron chi connectivity index (χ4n) is 3.47. The SMILES string of the molecule is COc1ccc(CCNC(=O)NCCN2CCC(c3cccs3)CC2)cc1. The molecular formula is C21H29N3O2S. The first kappa shape index (κ1) is 19.7. The molecule has 0 aliphatic carbocycles. The number of carbonyl (C=O) groups is 1.